The molecule has 0 aromatic heterocycles. The van der Waals surface area contributed by atoms with E-state index in [9.17, 15) is 4.39 Å². The molecule has 0 spiro atoms. The van der Waals surface area contributed by atoms with Gasteiger partial charge in [-0.05, 0) is 24.6 Å². The van der Waals surface area contributed by atoms with E-state index in [1.54, 1.807) is 0 Å². The van der Waals surface area contributed by atoms with Crippen LogP contribution in [0, 0.1) is 5.82 Å². The molecule has 0 aliphatic rings. The molecule has 5 heteroatoms. The van der Waals surface area contributed by atoms with E-state index >= 15 is 0 Å². The lowest BCUT2D eigenvalue weighted by Crippen LogP contribution is -2.20. The number of halogens is 4. The van der Waals surface area contributed by atoms with Crippen molar-refractivity contribution < 1.29 is 4.39 Å². The molecule has 0 fully saturated rings. The van der Waals surface area contributed by atoms with Crippen LogP contribution in [-0.2, 0) is 0 Å². The Morgan fingerprint density at radius 2 is 2.12 bits per heavy atom. The quantitative estimate of drug-likeness (QED) is 0.791. The van der Waals surface area contributed by atoms with E-state index < -0.39 is 5.82 Å². The summed E-state index contributed by atoms with van der Waals surface area (Å²) in [5.74, 6) is -0.465. The highest BCUT2D eigenvalue weighted by Crippen LogP contribution is 2.28. The van der Waals surface area contributed by atoms with Crippen LogP contribution in [0.4, 0.5) is 4.39 Å². The van der Waals surface area contributed by atoms with Crippen molar-refractivity contribution in [3.8, 4) is 0 Å². The normalized spacial score (nSPS) is 12.6. The highest BCUT2D eigenvalue weighted by atomic mass is 79.9. The van der Waals surface area contributed by atoms with Crippen molar-refractivity contribution in [3.63, 3.8) is 0 Å². The first-order valence-electron chi connectivity index (χ1n) is 4.63. The zero-order valence-corrected chi connectivity index (χ0v) is 11.8. The van der Waals surface area contributed by atoms with Gasteiger partial charge in [0.25, 0.3) is 0 Å². The van der Waals surface area contributed by atoms with Gasteiger partial charge in [0.15, 0.2) is 0 Å². The van der Waals surface area contributed by atoms with E-state index in [1.807, 2.05) is 6.92 Å². The topological polar surface area (TPSA) is 12.0 Å². The maximum Gasteiger partial charge on any atom is 0.142 e. The van der Waals surface area contributed by atoms with Gasteiger partial charge in [0.1, 0.15) is 5.82 Å². The zero-order valence-electron chi connectivity index (χ0n) is 8.66. The highest BCUT2D eigenvalue weighted by Gasteiger charge is 2.12. The summed E-state index contributed by atoms with van der Waals surface area (Å²) in [6.45, 7) is 6.18. The summed E-state index contributed by atoms with van der Waals surface area (Å²) in [7, 11) is 0. The van der Waals surface area contributed by atoms with Gasteiger partial charge in [-0.1, -0.05) is 45.7 Å². The van der Waals surface area contributed by atoms with E-state index in [-0.39, 0.29) is 11.1 Å². The molecular formula is C11H11BrCl2FN. The fraction of sp³-hybridized carbons (Fsp3) is 0.273. The molecule has 1 atom stereocenters. The number of nitrogens with one attached hydrogen (secondary N) is 1. The van der Waals surface area contributed by atoms with Gasteiger partial charge in [-0.25, -0.2) is 4.39 Å². The van der Waals surface area contributed by atoms with E-state index in [0.717, 1.165) is 4.48 Å². The average Bonchev–Trinajstić information content (AvgIpc) is 2.20. The van der Waals surface area contributed by atoms with E-state index in [4.69, 9.17) is 23.2 Å². The molecule has 0 aliphatic carbocycles. The molecule has 1 nitrogen and oxygen atoms in total. The molecule has 0 radical (unpaired) electrons. The fourth-order valence-corrected chi connectivity index (χ4v) is 1.95. The summed E-state index contributed by atoms with van der Waals surface area (Å²) in [5, 5.41) is 3.63. The molecule has 1 aromatic rings. The molecular weight excluding hydrogens is 316 g/mol. The Bertz CT molecular complexity index is 409. The number of hydrogen-bond donors (Lipinski definition) is 1. The Kier molecular flexibility index (Phi) is 5.25. The van der Waals surface area contributed by atoms with Gasteiger partial charge in [0.2, 0.25) is 0 Å². The zero-order chi connectivity index (χ0) is 12.3. The van der Waals surface area contributed by atoms with E-state index in [2.05, 4.69) is 27.8 Å². The summed E-state index contributed by atoms with van der Waals surface area (Å²) in [5.41, 5.74) is 0.678. The van der Waals surface area contributed by atoms with Crippen LogP contribution >= 0.6 is 39.1 Å². The molecule has 1 rings (SSSR count). The van der Waals surface area contributed by atoms with Crippen LogP contribution in [0.1, 0.15) is 18.5 Å². The molecule has 0 aliphatic heterocycles. The molecule has 0 heterocycles. The van der Waals surface area contributed by atoms with Crippen molar-refractivity contribution in [2.24, 2.45) is 0 Å². The smallest absolute Gasteiger partial charge is 0.142 e. The van der Waals surface area contributed by atoms with Crippen molar-refractivity contribution >= 4 is 39.1 Å². The minimum absolute atomic E-state index is 0.0332. The fourth-order valence-electron chi connectivity index (χ4n) is 1.24. The largest absolute Gasteiger partial charge is 0.306 e. The maximum atomic E-state index is 13.3. The number of rotatable bonds is 4. The monoisotopic (exact) mass is 325 g/mol. The van der Waals surface area contributed by atoms with Gasteiger partial charge < -0.3 is 5.32 Å². The minimum atomic E-state index is -0.465. The Morgan fingerprint density at radius 3 is 2.69 bits per heavy atom. The third-order valence-corrected chi connectivity index (χ3v) is 3.00. The molecule has 0 bridgehead atoms. The van der Waals surface area contributed by atoms with Gasteiger partial charge in [0.05, 0.1) is 5.02 Å². The summed E-state index contributed by atoms with van der Waals surface area (Å²) >= 11 is 14.8. The number of hydrogen-bond acceptors (Lipinski definition) is 1. The standard InChI is InChI=1S/C11H11BrCl2FN/c1-6(12)5-16-7(2)8-3-11(15)10(14)4-9(8)13/h3-4,7,16H,1,5H2,2H3. The van der Waals surface area contributed by atoms with Gasteiger partial charge in [-0.15, -0.1) is 0 Å². The Labute approximate surface area is 113 Å². The second-order valence-electron chi connectivity index (χ2n) is 3.41. The second-order valence-corrected chi connectivity index (χ2v) is 5.34. The molecule has 0 amide bonds. The minimum Gasteiger partial charge on any atom is -0.306 e. The molecule has 1 aromatic carbocycles. The predicted molar refractivity (Wildman–Crippen MR) is 70.9 cm³/mol. The van der Waals surface area contributed by atoms with Crippen LogP contribution in [-0.4, -0.2) is 6.54 Å². The third-order valence-electron chi connectivity index (χ3n) is 2.11. The Hall–Kier alpha value is -0.0900. The van der Waals surface area contributed by atoms with Gasteiger partial charge >= 0.3 is 0 Å². The van der Waals surface area contributed by atoms with Crippen molar-refractivity contribution in [1.29, 1.82) is 0 Å². The molecule has 0 saturated heterocycles. The third kappa shape index (κ3) is 3.74. The molecule has 88 valence electrons. The predicted octanol–water partition coefficient (Wildman–Crippen LogP) is 4.69. The SMILES string of the molecule is C=C(Br)CNC(C)c1cc(F)c(Cl)cc1Cl. The Balaban J connectivity index is 2.86. The van der Waals surface area contributed by atoms with Crippen LogP contribution in [0.25, 0.3) is 0 Å². The lowest BCUT2D eigenvalue weighted by Gasteiger charge is -2.15. The molecule has 1 unspecified atom stereocenters. The first kappa shape index (κ1) is 14.0. The number of benzene rings is 1. The van der Waals surface area contributed by atoms with Crippen molar-refractivity contribution in [1.82, 2.24) is 5.32 Å². The van der Waals surface area contributed by atoms with Gasteiger partial charge in [0, 0.05) is 22.1 Å². The second kappa shape index (κ2) is 6.01. The lowest BCUT2D eigenvalue weighted by atomic mass is 10.1. The Morgan fingerprint density at radius 1 is 1.50 bits per heavy atom. The van der Waals surface area contributed by atoms with Gasteiger partial charge in [-0.3, -0.25) is 0 Å². The van der Waals surface area contributed by atoms with Gasteiger partial charge in [-0.2, -0.15) is 0 Å². The molecule has 1 N–H and O–H groups in total. The average molecular weight is 327 g/mol. The highest BCUT2D eigenvalue weighted by molar-refractivity contribution is 9.11. The van der Waals surface area contributed by atoms with Crippen molar-refractivity contribution in [2.75, 3.05) is 6.54 Å². The van der Waals surface area contributed by atoms with Crippen LogP contribution in [0.5, 0.6) is 0 Å². The first-order valence-corrected chi connectivity index (χ1v) is 6.17. The summed E-state index contributed by atoms with van der Waals surface area (Å²) < 4.78 is 14.1. The summed E-state index contributed by atoms with van der Waals surface area (Å²) in [6, 6.07) is 2.68. The van der Waals surface area contributed by atoms with Crippen molar-refractivity contribution in [2.45, 2.75) is 13.0 Å². The van der Waals surface area contributed by atoms with Crippen LogP contribution < -0.4 is 5.32 Å². The van der Waals surface area contributed by atoms with E-state index in [1.165, 1.54) is 12.1 Å². The lowest BCUT2D eigenvalue weighted by molar-refractivity contribution is 0.594. The van der Waals surface area contributed by atoms with Crippen LogP contribution in [0.3, 0.4) is 0 Å². The molecule has 0 saturated carbocycles. The first-order chi connectivity index (χ1) is 7.41. The van der Waals surface area contributed by atoms with Crippen LogP contribution in [0.2, 0.25) is 10.0 Å². The maximum absolute atomic E-state index is 13.3. The summed E-state index contributed by atoms with van der Waals surface area (Å²) in [4.78, 5) is 0. The summed E-state index contributed by atoms with van der Waals surface area (Å²) in [6.07, 6.45) is 0. The molecule has 16 heavy (non-hydrogen) atoms. The van der Waals surface area contributed by atoms with Crippen LogP contribution in [0.15, 0.2) is 23.2 Å². The van der Waals surface area contributed by atoms with Crippen molar-refractivity contribution in [3.05, 3.63) is 44.6 Å². The van der Waals surface area contributed by atoms with E-state index in [0.29, 0.717) is 17.1 Å².